The highest BCUT2D eigenvalue weighted by atomic mass is 32.2. The first-order valence-corrected chi connectivity index (χ1v) is 19.7. The highest BCUT2D eigenvalue weighted by Crippen LogP contribution is 2.30. The molecule has 5 rings (SSSR count). The Kier molecular flexibility index (Phi) is 13.3. The first kappa shape index (κ1) is 38.5. The molecule has 51 heavy (non-hydrogen) atoms. The number of ether oxygens (including phenoxy) is 1. The van der Waals surface area contributed by atoms with Crippen LogP contribution in [-0.4, -0.2) is 96.0 Å². The Hall–Kier alpha value is -3.76. The van der Waals surface area contributed by atoms with Crippen LogP contribution in [0, 0.1) is 16.7 Å². The van der Waals surface area contributed by atoms with Crippen molar-refractivity contribution < 1.29 is 27.9 Å². The smallest absolute Gasteiger partial charge is 0.321 e. The summed E-state index contributed by atoms with van der Waals surface area (Å²) in [4.78, 5) is 46.4. The number of aliphatic hydroxyl groups excluding tert-OH is 1. The Balaban J connectivity index is 1.35. The number of hydrogen-bond donors (Lipinski definition) is 2. The van der Waals surface area contributed by atoms with E-state index in [4.69, 9.17) is 4.74 Å². The van der Waals surface area contributed by atoms with Crippen LogP contribution in [0.4, 0.5) is 4.79 Å². The minimum absolute atomic E-state index is 0.0526. The number of sulfonamides is 1. The Morgan fingerprint density at radius 2 is 1.84 bits per heavy atom. The number of amides is 3. The maximum atomic E-state index is 14.2. The molecular formula is C36H48N6O7S2. The maximum absolute atomic E-state index is 14.2. The van der Waals surface area contributed by atoms with Gasteiger partial charge >= 0.3 is 6.03 Å². The van der Waals surface area contributed by atoms with E-state index in [9.17, 15) is 28.0 Å². The van der Waals surface area contributed by atoms with Gasteiger partial charge in [-0.1, -0.05) is 67.9 Å². The van der Waals surface area contributed by atoms with Crippen LogP contribution in [0.2, 0.25) is 0 Å². The molecule has 2 N–H and O–H groups in total. The Labute approximate surface area is 304 Å². The number of methoxy groups -OCH3 is 1. The van der Waals surface area contributed by atoms with Crippen molar-refractivity contribution in [2.75, 3.05) is 33.3 Å². The third-order valence-electron chi connectivity index (χ3n) is 9.56. The SMILES string of the molecule is COCc1nc(CN2CCN([C@H](C(=O)N[C@@H](Cc3ccccc3)[C@H](O)CN(CC3CCC3)S(=O)(=O)c3ccc(CN=O)cc3)C(C)C)C2=O)cs1. The summed E-state index contributed by atoms with van der Waals surface area (Å²) in [5, 5.41) is 20.5. The molecule has 1 aliphatic heterocycles. The molecule has 2 heterocycles. The number of rotatable bonds is 19. The van der Waals surface area contributed by atoms with Gasteiger partial charge in [-0.25, -0.2) is 18.2 Å². The minimum atomic E-state index is -4.04. The predicted octanol–water partition coefficient (Wildman–Crippen LogP) is 4.40. The van der Waals surface area contributed by atoms with E-state index < -0.39 is 34.1 Å². The van der Waals surface area contributed by atoms with E-state index in [-0.39, 0.29) is 48.8 Å². The number of aliphatic hydroxyl groups is 1. The van der Waals surface area contributed by atoms with Crippen LogP contribution in [0.25, 0.3) is 0 Å². The fourth-order valence-corrected chi connectivity index (χ4v) is 8.89. The van der Waals surface area contributed by atoms with Crippen LogP contribution in [0.15, 0.2) is 70.0 Å². The van der Waals surface area contributed by atoms with Crippen LogP contribution < -0.4 is 5.32 Å². The first-order valence-electron chi connectivity index (χ1n) is 17.4. The van der Waals surface area contributed by atoms with Gasteiger partial charge in [-0.15, -0.1) is 11.3 Å². The molecule has 2 aromatic carbocycles. The summed E-state index contributed by atoms with van der Waals surface area (Å²) in [7, 11) is -2.43. The van der Waals surface area contributed by atoms with Crippen molar-refractivity contribution in [3.05, 3.63) is 86.7 Å². The fraction of sp³-hybridized carbons (Fsp3) is 0.528. The number of nitrogens with zero attached hydrogens (tertiary/aromatic N) is 5. The monoisotopic (exact) mass is 740 g/mol. The number of nitrogens with one attached hydrogen (secondary N) is 1. The number of thiazole rings is 1. The van der Waals surface area contributed by atoms with Gasteiger partial charge < -0.3 is 25.0 Å². The van der Waals surface area contributed by atoms with Gasteiger partial charge in [0.1, 0.15) is 17.6 Å². The lowest BCUT2D eigenvalue weighted by Crippen LogP contribution is -2.57. The van der Waals surface area contributed by atoms with Crippen LogP contribution in [0.5, 0.6) is 0 Å². The number of carbonyl (C=O) groups is 2. The lowest BCUT2D eigenvalue weighted by molar-refractivity contribution is -0.128. The molecular weight excluding hydrogens is 693 g/mol. The molecule has 15 heteroatoms. The summed E-state index contributed by atoms with van der Waals surface area (Å²) >= 11 is 1.47. The fourth-order valence-electron chi connectivity index (χ4n) is 6.60. The molecule has 1 aliphatic carbocycles. The van der Waals surface area contributed by atoms with Gasteiger partial charge in [0.15, 0.2) is 0 Å². The van der Waals surface area contributed by atoms with Gasteiger partial charge in [-0.3, -0.25) is 4.79 Å². The van der Waals surface area contributed by atoms with Crippen molar-refractivity contribution in [2.24, 2.45) is 17.0 Å². The highest BCUT2D eigenvalue weighted by molar-refractivity contribution is 7.89. The maximum Gasteiger partial charge on any atom is 0.321 e. The van der Waals surface area contributed by atoms with Gasteiger partial charge in [0.2, 0.25) is 15.9 Å². The topological polar surface area (TPSA) is 162 Å². The molecule has 3 atom stereocenters. The van der Waals surface area contributed by atoms with Crippen molar-refractivity contribution in [2.45, 2.75) is 82.3 Å². The normalized spacial score (nSPS) is 17.1. The van der Waals surface area contributed by atoms with Crippen LogP contribution in [-0.2, 0) is 45.7 Å². The van der Waals surface area contributed by atoms with E-state index in [1.807, 2.05) is 49.6 Å². The molecule has 0 bridgehead atoms. The average molecular weight is 741 g/mol. The summed E-state index contributed by atoms with van der Waals surface area (Å²) in [6.07, 6.45) is 1.78. The van der Waals surface area contributed by atoms with Gasteiger partial charge in [0, 0.05) is 38.7 Å². The second-order valence-corrected chi connectivity index (χ2v) is 16.6. The van der Waals surface area contributed by atoms with Crippen LogP contribution in [0.1, 0.15) is 54.9 Å². The first-order chi connectivity index (χ1) is 24.5. The molecule has 3 aromatic rings. The quantitative estimate of drug-likeness (QED) is 0.171. The van der Waals surface area contributed by atoms with Crippen molar-refractivity contribution in [1.82, 2.24) is 24.4 Å². The third kappa shape index (κ3) is 9.77. The van der Waals surface area contributed by atoms with E-state index in [2.05, 4.69) is 15.5 Å². The Morgan fingerprint density at radius 1 is 1.12 bits per heavy atom. The molecule has 0 unspecified atom stereocenters. The second kappa shape index (κ2) is 17.6. The minimum Gasteiger partial charge on any atom is -0.390 e. The molecule has 2 fully saturated rings. The summed E-state index contributed by atoms with van der Waals surface area (Å²) in [6.45, 7) is 5.19. The molecule has 13 nitrogen and oxygen atoms in total. The van der Waals surface area contributed by atoms with E-state index in [0.717, 1.165) is 35.5 Å². The zero-order valence-corrected chi connectivity index (χ0v) is 31.0. The summed E-state index contributed by atoms with van der Waals surface area (Å²) in [5.74, 6) is -0.495. The lowest BCUT2D eigenvalue weighted by atomic mass is 9.85. The molecule has 1 aromatic heterocycles. The van der Waals surface area contributed by atoms with Crippen LogP contribution in [0.3, 0.4) is 0 Å². The predicted molar refractivity (Wildman–Crippen MR) is 194 cm³/mol. The van der Waals surface area contributed by atoms with Gasteiger partial charge in [-0.2, -0.15) is 9.21 Å². The van der Waals surface area contributed by atoms with E-state index in [0.29, 0.717) is 31.8 Å². The average Bonchev–Trinajstić information content (AvgIpc) is 3.68. The molecule has 276 valence electrons. The number of nitroso groups, excluding NO2 is 1. The van der Waals surface area contributed by atoms with E-state index in [1.165, 1.54) is 27.8 Å². The van der Waals surface area contributed by atoms with E-state index in [1.54, 1.807) is 29.0 Å². The molecule has 1 saturated carbocycles. The second-order valence-electron chi connectivity index (χ2n) is 13.7. The molecule has 0 spiro atoms. The largest absolute Gasteiger partial charge is 0.390 e. The van der Waals surface area contributed by atoms with Crippen molar-refractivity contribution in [3.8, 4) is 0 Å². The summed E-state index contributed by atoms with van der Waals surface area (Å²) in [6, 6.07) is 13.5. The van der Waals surface area contributed by atoms with Crippen molar-refractivity contribution in [1.29, 1.82) is 0 Å². The number of urea groups is 1. The molecule has 1 saturated heterocycles. The highest BCUT2D eigenvalue weighted by Gasteiger charge is 2.41. The zero-order valence-electron chi connectivity index (χ0n) is 29.4. The van der Waals surface area contributed by atoms with Crippen molar-refractivity contribution in [3.63, 3.8) is 0 Å². The van der Waals surface area contributed by atoms with Gasteiger partial charge in [0.25, 0.3) is 0 Å². The lowest BCUT2D eigenvalue weighted by Gasteiger charge is -2.36. The standard InChI is InChI=1S/C36H48N6O7S2/c1-25(2)34(42-17-16-40(36(42)45)21-29-24-50-33(38-29)23-49-3)35(44)39-31(18-26-8-5-4-6-9-26)32(43)22-41(20-28-10-7-11-28)51(47,48)30-14-12-27(13-15-30)19-37-46/h4-6,8-9,12-15,24-25,28,31-32,34,43H,7,10-11,16-23H2,1-3H3,(H,39,44)/t31-,32+,34-/m0/s1. The Morgan fingerprint density at radius 3 is 2.47 bits per heavy atom. The van der Waals surface area contributed by atoms with Crippen LogP contribution >= 0.6 is 11.3 Å². The van der Waals surface area contributed by atoms with Crippen molar-refractivity contribution >= 4 is 33.3 Å². The van der Waals surface area contributed by atoms with E-state index >= 15 is 0 Å². The number of aromatic nitrogens is 1. The number of benzene rings is 2. The molecule has 0 radical (unpaired) electrons. The number of hydrogen-bond acceptors (Lipinski definition) is 10. The van der Waals surface area contributed by atoms with Gasteiger partial charge in [0.05, 0.1) is 35.9 Å². The Bertz CT molecular complexity index is 1720. The summed E-state index contributed by atoms with van der Waals surface area (Å²) < 4.78 is 34.5. The molecule has 3 amide bonds. The molecule has 2 aliphatic rings. The summed E-state index contributed by atoms with van der Waals surface area (Å²) in [5.41, 5.74) is 2.21. The van der Waals surface area contributed by atoms with Gasteiger partial charge in [-0.05, 0) is 54.4 Å². The third-order valence-corrected chi connectivity index (χ3v) is 12.3. The number of carbonyl (C=O) groups excluding carboxylic acids is 2. The zero-order chi connectivity index (χ0) is 36.5.